The molecule has 0 aliphatic heterocycles. The van der Waals surface area contributed by atoms with E-state index in [-0.39, 0.29) is 6.10 Å². The van der Waals surface area contributed by atoms with E-state index in [9.17, 15) is 5.11 Å². The van der Waals surface area contributed by atoms with Gasteiger partial charge in [0.25, 0.3) is 0 Å². The minimum atomic E-state index is -0.108. The summed E-state index contributed by atoms with van der Waals surface area (Å²) >= 11 is 0. The van der Waals surface area contributed by atoms with Gasteiger partial charge in [0.15, 0.2) is 0 Å². The van der Waals surface area contributed by atoms with Crippen LogP contribution in [0.1, 0.15) is 44.1 Å². The van der Waals surface area contributed by atoms with Crippen molar-refractivity contribution in [1.82, 2.24) is 9.78 Å². The number of hydrogen-bond acceptors (Lipinski definition) is 3. The molecule has 1 aliphatic carbocycles. The van der Waals surface area contributed by atoms with Crippen LogP contribution in [-0.4, -0.2) is 21.0 Å². The van der Waals surface area contributed by atoms with Crippen LogP contribution in [0.25, 0.3) is 0 Å². The molecule has 0 unspecified atom stereocenters. The Kier molecular flexibility index (Phi) is 2.95. The van der Waals surface area contributed by atoms with Crippen LogP contribution in [0.3, 0.4) is 0 Å². The van der Waals surface area contributed by atoms with Gasteiger partial charge in [-0.25, -0.2) is 0 Å². The number of rotatable bonds is 2. The standard InChI is InChI=1S/C11H19N3O/c1-2-14-7-10(11(12)13-14)8-3-5-9(15)6-4-8/h7-9,15H,2-6H2,1H3,(H2,12,13). The summed E-state index contributed by atoms with van der Waals surface area (Å²) in [7, 11) is 0. The Hall–Kier alpha value is -1.03. The first-order chi connectivity index (χ1) is 7.20. The molecule has 3 N–H and O–H groups in total. The first kappa shape index (κ1) is 10.5. The van der Waals surface area contributed by atoms with Crippen LogP contribution in [0, 0.1) is 0 Å². The van der Waals surface area contributed by atoms with Crippen molar-refractivity contribution in [3.05, 3.63) is 11.8 Å². The number of aliphatic hydroxyl groups excluding tert-OH is 1. The second-order valence-electron chi connectivity index (χ2n) is 4.33. The lowest BCUT2D eigenvalue weighted by Gasteiger charge is -2.24. The molecule has 0 spiro atoms. The Morgan fingerprint density at radius 2 is 2.13 bits per heavy atom. The molecule has 0 amide bonds. The molecule has 0 atom stereocenters. The third-order valence-electron chi connectivity index (χ3n) is 3.28. The van der Waals surface area contributed by atoms with Gasteiger partial charge in [0.1, 0.15) is 5.82 Å². The van der Waals surface area contributed by atoms with Crippen LogP contribution in [-0.2, 0) is 6.54 Å². The summed E-state index contributed by atoms with van der Waals surface area (Å²) in [6.45, 7) is 2.92. The van der Waals surface area contributed by atoms with Crippen molar-refractivity contribution < 1.29 is 5.11 Å². The number of aromatic nitrogens is 2. The summed E-state index contributed by atoms with van der Waals surface area (Å²) in [6, 6.07) is 0. The van der Waals surface area contributed by atoms with E-state index in [1.807, 2.05) is 4.68 Å². The molecular weight excluding hydrogens is 190 g/mol. The number of nitrogen functional groups attached to an aromatic ring is 1. The van der Waals surface area contributed by atoms with E-state index in [0.29, 0.717) is 11.7 Å². The zero-order valence-corrected chi connectivity index (χ0v) is 9.19. The molecule has 0 bridgehead atoms. The zero-order valence-electron chi connectivity index (χ0n) is 9.19. The third-order valence-corrected chi connectivity index (χ3v) is 3.28. The predicted octanol–water partition coefficient (Wildman–Crippen LogP) is 1.50. The normalized spacial score (nSPS) is 26.8. The molecule has 4 nitrogen and oxygen atoms in total. The average molecular weight is 209 g/mol. The van der Waals surface area contributed by atoms with Crippen LogP contribution in [0.2, 0.25) is 0 Å². The molecule has 0 aromatic carbocycles. The largest absolute Gasteiger partial charge is 0.393 e. The Labute approximate surface area is 90.1 Å². The van der Waals surface area contributed by atoms with Crippen LogP contribution in [0.15, 0.2) is 6.20 Å². The second-order valence-corrected chi connectivity index (χ2v) is 4.33. The van der Waals surface area contributed by atoms with Gasteiger partial charge in [0.2, 0.25) is 0 Å². The molecule has 84 valence electrons. The molecule has 15 heavy (non-hydrogen) atoms. The lowest BCUT2D eigenvalue weighted by Crippen LogP contribution is -2.17. The van der Waals surface area contributed by atoms with Crippen molar-refractivity contribution in [2.75, 3.05) is 5.73 Å². The highest BCUT2D eigenvalue weighted by molar-refractivity contribution is 5.40. The van der Waals surface area contributed by atoms with Crippen molar-refractivity contribution in [3.8, 4) is 0 Å². The molecule has 0 radical (unpaired) electrons. The number of nitrogens with zero attached hydrogens (tertiary/aromatic N) is 2. The van der Waals surface area contributed by atoms with Crippen molar-refractivity contribution in [2.24, 2.45) is 0 Å². The summed E-state index contributed by atoms with van der Waals surface area (Å²) in [5, 5.41) is 13.7. The first-order valence-corrected chi connectivity index (χ1v) is 5.71. The van der Waals surface area contributed by atoms with Gasteiger partial charge in [-0.05, 0) is 38.5 Å². The van der Waals surface area contributed by atoms with Gasteiger partial charge in [-0.15, -0.1) is 0 Å². The van der Waals surface area contributed by atoms with Gasteiger partial charge in [-0.1, -0.05) is 0 Å². The van der Waals surface area contributed by atoms with Gasteiger partial charge in [-0.2, -0.15) is 5.10 Å². The minimum absolute atomic E-state index is 0.108. The van der Waals surface area contributed by atoms with E-state index >= 15 is 0 Å². The first-order valence-electron chi connectivity index (χ1n) is 5.71. The Morgan fingerprint density at radius 1 is 1.47 bits per heavy atom. The van der Waals surface area contributed by atoms with E-state index < -0.39 is 0 Å². The molecule has 2 rings (SSSR count). The quantitative estimate of drug-likeness (QED) is 0.776. The summed E-state index contributed by atoms with van der Waals surface area (Å²) in [6.07, 6.45) is 5.78. The summed E-state index contributed by atoms with van der Waals surface area (Å²) < 4.78 is 1.88. The Bertz CT molecular complexity index is 327. The number of anilines is 1. The summed E-state index contributed by atoms with van der Waals surface area (Å²) in [4.78, 5) is 0. The van der Waals surface area contributed by atoms with Gasteiger partial charge >= 0.3 is 0 Å². The smallest absolute Gasteiger partial charge is 0.148 e. The van der Waals surface area contributed by atoms with E-state index in [1.54, 1.807) is 0 Å². The monoisotopic (exact) mass is 209 g/mol. The molecule has 1 fully saturated rings. The second kappa shape index (κ2) is 4.23. The molecule has 1 aliphatic rings. The molecule has 1 aromatic heterocycles. The summed E-state index contributed by atoms with van der Waals surface area (Å²) in [5.41, 5.74) is 7.06. The van der Waals surface area contributed by atoms with Gasteiger partial charge in [0.05, 0.1) is 6.10 Å². The van der Waals surface area contributed by atoms with Crippen molar-refractivity contribution in [1.29, 1.82) is 0 Å². The molecule has 1 aromatic rings. The van der Waals surface area contributed by atoms with E-state index in [4.69, 9.17) is 5.73 Å². The van der Waals surface area contributed by atoms with Gasteiger partial charge in [-0.3, -0.25) is 4.68 Å². The fourth-order valence-corrected chi connectivity index (χ4v) is 2.32. The highest BCUT2D eigenvalue weighted by Gasteiger charge is 2.23. The van der Waals surface area contributed by atoms with E-state index in [0.717, 1.165) is 32.2 Å². The molecule has 4 heteroatoms. The van der Waals surface area contributed by atoms with Gasteiger partial charge in [0, 0.05) is 18.3 Å². The average Bonchev–Trinajstić information content (AvgIpc) is 2.61. The van der Waals surface area contributed by atoms with Crippen molar-refractivity contribution in [3.63, 3.8) is 0 Å². The predicted molar refractivity (Wildman–Crippen MR) is 59.5 cm³/mol. The van der Waals surface area contributed by atoms with Crippen LogP contribution < -0.4 is 5.73 Å². The maximum absolute atomic E-state index is 9.44. The Balaban J connectivity index is 2.11. The van der Waals surface area contributed by atoms with Crippen LogP contribution in [0.4, 0.5) is 5.82 Å². The number of aryl methyl sites for hydroxylation is 1. The van der Waals surface area contributed by atoms with Gasteiger partial charge < -0.3 is 10.8 Å². The zero-order chi connectivity index (χ0) is 10.8. The van der Waals surface area contributed by atoms with E-state index in [1.165, 1.54) is 5.56 Å². The lowest BCUT2D eigenvalue weighted by molar-refractivity contribution is 0.122. The molecule has 1 heterocycles. The molecular formula is C11H19N3O. The fraction of sp³-hybridized carbons (Fsp3) is 0.727. The lowest BCUT2D eigenvalue weighted by atomic mass is 9.84. The maximum atomic E-state index is 9.44. The highest BCUT2D eigenvalue weighted by atomic mass is 16.3. The minimum Gasteiger partial charge on any atom is -0.393 e. The topological polar surface area (TPSA) is 64.1 Å². The van der Waals surface area contributed by atoms with Crippen LogP contribution >= 0.6 is 0 Å². The van der Waals surface area contributed by atoms with Crippen LogP contribution in [0.5, 0.6) is 0 Å². The number of aliphatic hydroxyl groups is 1. The maximum Gasteiger partial charge on any atom is 0.148 e. The van der Waals surface area contributed by atoms with Crippen molar-refractivity contribution >= 4 is 5.82 Å². The number of hydrogen-bond donors (Lipinski definition) is 2. The Morgan fingerprint density at radius 3 is 2.67 bits per heavy atom. The molecule has 0 saturated heterocycles. The SMILES string of the molecule is CCn1cc(C2CCC(O)CC2)c(N)n1. The van der Waals surface area contributed by atoms with Crippen molar-refractivity contribution in [2.45, 2.75) is 51.2 Å². The van der Waals surface area contributed by atoms with E-state index in [2.05, 4.69) is 18.2 Å². The molecule has 1 saturated carbocycles. The summed E-state index contributed by atoms with van der Waals surface area (Å²) in [5.74, 6) is 1.16. The third kappa shape index (κ3) is 2.15. The fourth-order valence-electron chi connectivity index (χ4n) is 2.32. The highest BCUT2D eigenvalue weighted by Crippen LogP contribution is 2.35. The number of nitrogens with two attached hydrogens (primary N) is 1.